The molecule has 0 fully saturated rings. The van der Waals surface area contributed by atoms with Crippen LogP contribution in [-0.4, -0.2) is 11.5 Å². The van der Waals surface area contributed by atoms with Crippen molar-refractivity contribution in [2.24, 2.45) is 5.10 Å². The second-order valence-electron chi connectivity index (χ2n) is 2.84. The van der Waals surface area contributed by atoms with Gasteiger partial charge in [0.2, 0.25) is 0 Å². The summed E-state index contributed by atoms with van der Waals surface area (Å²) in [6.45, 7) is 2.41. The third-order valence-electron chi connectivity index (χ3n) is 2.01. The van der Waals surface area contributed by atoms with Gasteiger partial charge in [-0.3, -0.25) is 0 Å². The lowest BCUT2D eigenvalue weighted by Crippen LogP contribution is -2.45. The fourth-order valence-electron chi connectivity index (χ4n) is 1.35. The molecule has 4 heteroatoms. The fourth-order valence-corrected chi connectivity index (χ4v) is 1.81. The van der Waals surface area contributed by atoms with Crippen LogP contribution in [0.2, 0.25) is 6.82 Å². The minimum atomic E-state index is 0.308. The number of hydrogen-bond acceptors (Lipinski definition) is 2. The summed E-state index contributed by atoms with van der Waals surface area (Å²) in [6, 6.07) is 8.25. The number of nitrogens with one attached hydrogen (secondary N) is 1. The second kappa shape index (κ2) is 2.94. The van der Waals surface area contributed by atoms with Gasteiger partial charge in [0.05, 0.1) is 0 Å². The molecule has 0 atom stereocenters. The summed E-state index contributed by atoms with van der Waals surface area (Å²) in [7, 11) is 0. The van der Waals surface area contributed by atoms with Crippen molar-refractivity contribution in [2.45, 2.75) is 6.82 Å². The summed E-state index contributed by atoms with van der Waals surface area (Å²) in [4.78, 5) is 0. The van der Waals surface area contributed by atoms with Crippen molar-refractivity contribution in [2.75, 3.05) is 0 Å². The van der Waals surface area contributed by atoms with E-state index in [4.69, 9.17) is 0 Å². The Labute approximate surface area is 80.3 Å². The van der Waals surface area contributed by atoms with Gasteiger partial charge in [-0.05, 0) is 21.4 Å². The van der Waals surface area contributed by atoms with E-state index in [1.54, 1.807) is 0 Å². The molecular formula is C8H8BBrN2. The summed E-state index contributed by atoms with van der Waals surface area (Å²) in [6.07, 6.45) is 0. The van der Waals surface area contributed by atoms with E-state index in [9.17, 15) is 0 Å². The molecule has 60 valence electrons. The largest absolute Gasteiger partial charge is 0.346 e. The molecule has 12 heavy (non-hydrogen) atoms. The average molecular weight is 223 g/mol. The van der Waals surface area contributed by atoms with Gasteiger partial charge in [-0.1, -0.05) is 31.1 Å². The van der Waals surface area contributed by atoms with Gasteiger partial charge in [0.15, 0.2) is 0 Å². The number of hydrogen-bond donors (Lipinski definition) is 1. The van der Waals surface area contributed by atoms with E-state index in [1.165, 1.54) is 11.0 Å². The number of fused-ring (bicyclic) bond motifs is 1. The number of hydrazone groups is 1. The highest BCUT2D eigenvalue weighted by Crippen LogP contribution is 2.08. The summed E-state index contributed by atoms with van der Waals surface area (Å²) in [5.41, 5.74) is 2.48. The molecule has 0 radical (unpaired) electrons. The van der Waals surface area contributed by atoms with Crippen molar-refractivity contribution >= 4 is 32.9 Å². The molecule has 2 nitrogen and oxygen atoms in total. The van der Waals surface area contributed by atoms with Gasteiger partial charge in [0.25, 0.3) is 0 Å². The van der Waals surface area contributed by atoms with Crippen LogP contribution in [0, 0.1) is 0 Å². The predicted octanol–water partition coefficient (Wildman–Crippen LogP) is 1.17. The smallest absolute Gasteiger partial charge is 0.302 e. The Morgan fingerprint density at radius 3 is 2.92 bits per heavy atom. The van der Waals surface area contributed by atoms with Gasteiger partial charge >= 0.3 is 6.85 Å². The zero-order chi connectivity index (χ0) is 8.55. The van der Waals surface area contributed by atoms with E-state index in [0.717, 1.165) is 4.62 Å². The molecule has 1 aromatic carbocycles. The van der Waals surface area contributed by atoms with Gasteiger partial charge in [0, 0.05) is 5.56 Å². The van der Waals surface area contributed by atoms with Gasteiger partial charge in [-0.2, -0.15) is 5.10 Å². The Hall–Kier alpha value is -0.765. The van der Waals surface area contributed by atoms with Gasteiger partial charge in [-0.25, -0.2) is 0 Å². The Morgan fingerprint density at radius 1 is 1.42 bits per heavy atom. The molecule has 0 spiro atoms. The summed E-state index contributed by atoms with van der Waals surface area (Å²) in [5.74, 6) is 0. The first kappa shape index (κ1) is 7.86. The van der Waals surface area contributed by atoms with Crippen molar-refractivity contribution in [1.82, 2.24) is 5.34 Å². The monoisotopic (exact) mass is 222 g/mol. The maximum Gasteiger partial charge on any atom is 0.302 e. The molecule has 1 aliphatic heterocycles. The molecule has 0 aliphatic carbocycles. The lowest BCUT2D eigenvalue weighted by molar-refractivity contribution is 1.06. The topological polar surface area (TPSA) is 24.4 Å². The SMILES string of the molecule is CB1NN=C(Br)c2ccccc21. The van der Waals surface area contributed by atoms with E-state index in [-0.39, 0.29) is 0 Å². The van der Waals surface area contributed by atoms with E-state index in [1.807, 2.05) is 12.1 Å². The fraction of sp³-hybridized carbons (Fsp3) is 0.125. The van der Waals surface area contributed by atoms with Crippen LogP contribution in [0.25, 0.3) is 0 Å². The maximum atomic E-state index is 4.14. The Bertz CT molecular complexity index is 338. The number of rotatable bonds is 0. The Kier molecular flexibility index (Phi) is 1.93. The van der Waals surface area contributed by atoms with E-state index >= 15 is 0 Å². The van der Waals surface area contributed by atoms with Crippen LogP contribution in [0.15, 0.2) is 29.4 Å². The van der Waals surface area contributed by atoms with Crippen LogP contribution >= 0.6 is 15.9 Å². The second-order valence-corrected chi connectivity index (χ2v) is 3.59. The molecule has 1 heterocycles. The van der Waals surface area contributed by atoms with Gasteiger partial charge in [0.1, 0.15) is 4.62 Å². The molecule has 0 saturated heterocycles. The normalized spacial score (nSPS) is 14.8. The molecule has 2 rings (SSSR count). The first-order valence-corrected chi connectivity index (χ1v) is 4.66. The third kappa shape index (κ3) is 1.16. The summed E-state index contributed by atoms with van der Waals surface area (Å²) >= 11 is 3.40. The molecule has 0 unspecified atom stereocenters. The summed E-state index contributed by atoms with van der Waals surface area (Å²) < 4.78 is 0.885. The highest BCUT2D eigenvalue weighted by molar-refractivity contribution is 9.18. The van der Waals surface area contributed by atoms with E-state index < -0.39 is 0 Å². The van der Waals surface area contributed by atoms with Gasteiger partial charge in [-0.15, -0.1) is 0 Å². The first-order chi connectivity index (χ1) is 5.79. The Balaban J connectivity index is 2.58. The molecule has 0 saturated carbocycles. The number of nitrogens with zero attached hydrogens (tertiary/aromatic N) is 1. The van der Waals surface area contributed by atoms with Crippen molar-refractivity contribution < 1.29 is 0 Å². The quantitative estimate of drug-likeness (QED) is 0.656. The minimum absolute atomic E-state index is 0.308. The molecule has 1 aliphatic rings. The molecular weight excluding hydrogens is 215 g/mol. The van der Waals surface area contributed by atoms with Crippen LogP contribution < -0.4 is 10.8 Å². The molecule has 0 bridgehead atoms. The van der Waals surface area contributed by atoms with Crippen molar-refractivity contribution in [1.29, 1.82) is 0 Å². The van der Waals surface area contributed by atoms with Crippen LogP contribution in [-0.2, 0) is 0 Å². The minimum Gasteiger partial charge on any atom is -0.346 e. The lowest BCUT2D eigenvalue weighted by atomic mass is 9.57. The van der Waals surface area contributed by atoms with E-state index in [0.29, 0.717) is 6.85 Å². The zero-order valence-electron chi connectivity index (χ0n) is 6.71. The van der Waals surface area contributed by atoms with Gasteiger partial charge < -0.3 is 5.34 Å². The van der Waals surface area contributed by atoms with Crippen LogP contribution in [0.4, 0.5) is 0 Å². The maximum absolute atomic E-state index is 4.14. The predicted molar refractivity (Wildman–Crippen MR) is 56.3 cm³/mol. The lowest BCUT2D eigenvalue weighted by Gasteiger charge is -2.17. The molecule has 0 amide bonds. The number of halogens is 1. The van der Waals surface area contributed by atoms with Crippen LogP contribution in [0.1, 0.15) is 5.56 Å². The van der Waals surface area contributed by atoms with Crippen molar-refractivity contribution in [3.8, 4) is 0 Å². The first-order valence-electron chi connectivity index (χ1n) is 3.87. The summed E-state index contributed by atoms with van der Waals surface area (Å²) in [5, 5.41) is 7.16. The highest BCUT2D eigenvalue weighted by Gasteiger charge is 2.19. The molecule has 1 N–H and O–H groups in total. The zero-order valence-corrected chi connectivity index (χ0v) is 8.30. The highest BCUT2D eigenvalue weighted by atomic mass is 79.9. The van der Waals surface area contributed by atoms with Crippen molar-refractivity contribution in [3.63, 3.8) is 0 Å². The van der Waals surface area contributed by atoms with E-state index in [2.05, 4.69) is 45.3 Å². The van der Waals surface area contributed by atoms with Crippen molar-refractivity contribution in [3.05, 3.63) is 29.8 Å². The average Bonchev–Trinajstić information content (AvgIpc) is 2.12. The van der Waals surface area contributed by atoms with Crippen LogP contribution in [0.3, 0.4) is 0 Å². The van der Waals surface area contributed by atoms with Crippen LogP contribution in [0.5, 0.6) is 0 Å². The standard InChI is InChI=1S/C8H8BBrN2/c1-9-7-5-3-2-4-6(7)8(10)11-12-9/h2-5,12H,1H3. The third-order valence-corrected chi connectivity index (χ3v) is 2.61. The molecule has 1 aromatic rings. The number of benzene rings is 1. The molecule has 0 aromatic heterocycles. The Morgan fingerprint density at radius 2 is 2.17 bits per heavy atom.